The Morgan fingerprint density at radius 3 is 2.50 bits per heavy atom. The van der Waals surface area contributed by atoms with Gasteiger partial charge in [0.05, 0.1) is 28.5 Å². The Bertz CT molecular complexity index is 1570. The summed E-state index contributed by atoms with van der Waals surface area (Å²) in [4.78, 5) is 38.0. The largest absolute Gasteiger partial charge is 0.321 e. The van der Waals surface area contributed by atoms with Crippen molar-refractivity contribution in [3.63, 3.8) is 0 Å². The maximum Gasteiger partial charge on any atom is 0.260 e. The van der Waals surface area contributed by atoms with Crippen LogP contribution in [-0.4, -0.2) is 20.7 Å². The lowest BCUT2D eigenvalue weighted by Crippen LogP contribution is -2.18. The van der Waals surface area contributed by atoms with Crippen LogP contribution in [0.3, 0.4) is 0 Å². The molecule has 0 aliphatic carbocycles. The van der Waals surface area contributed by atoms with Crippen molar-refractivity contribution >= 4 is 49.7 Å². The summed E-state index contributed by atoms with van der Waals surface area (Å²) in [7, 11) is 0. The number of nitrogens with one attached hydrogen (secondary N) is 1. The third-order valence-corrected chi connectivity index (χ3v) is 5.65. The number of carbonyl (C=O) groups excluding carboxylic acids is 1. The molecule has 5 aromatic rings. The molecule has 5 nitrogen and oxygen atoms in total. The Labute approximate surface area is 191 Å². The number of hydrogen-bond donors (Lipinski definition) is 1. The SMILES string of the molecule is O=C(/C=C/c1cnc2ccccc2n1)c1c(-c2ccccc2)c2cc(Br)ccc2[nH]c1=O. The smallest absolute Gasteiger partial charge is 0.260 e. The fourth-order valence-corrected chi connectivity index (χ4v) is 4.06. The van der Waals surface area contributed by atoms with Crippen LogP contribution in [0.1, 0.15) is 16.1 Å². The van der Waals surface area contributed by atoms with Crippen LogP contribution in [0.25, 0.3) is 39.1 Å². The second-order valence-corrected chi connectivity index (χ2v) is 8.16. The highest BCUT2D eigenvalue weighted by Crippen LogP contribution is 2.31. The van der Waals surface area contributed by atoms with Gasteiger partial charge in [-0.15, -0.1) is 0 Å². The molecule has 6 heteroatoms. The predicted molar refractivity (Wildman–Crippen MR) is 131 cm³/mol. The number of fused-ring (bicyclic) bond motifs is 2. The van der Waals surface area contributed by atoms with E-state index in [9.17, 15) is 9.59 Å². The third kappa shape index (κ3) is 3.76. The standard InChI is InChI=1S/C26H16BrN3O2/c27-17-10-12-20-19(14-17)24(16-6-2-1-3-7-16)25(26(32)30-20)23(31)13-11-18-15-28-21-8-4-5-9-22(21)29-18/h1-15H,(H,30,32)/b13-11+. The molecular weight excluding hydrogens is 466 g/mol. The normalized spacial score (nSPS) is 11.4. The van der Waals surface area contributed by atoms with Crippen molar-refractivity contribution in [2.24, 2.45) is 0 Å². The number of allylic oxidation sites excluding steroid dienone is 1. The first-order valence-corrected chi connectivity index (χ1v) is 10.7. The highest BCUT2D eigenvalue weighted by molar-refractivity contribution is 9.10. The minimum absolute atomic E-state index is 0.0896. The highest BCUT2D eigenvalue weighted by Gasteiger charge is 2.19. The number of aromatic amines is 1. The number of H-pyrrole nitrogens is 1. The van der Waals surface area contributed by atoms with E-state index in [1.807, 2.05) is 72.8 Å². The average Bonchev–Trinajstić information content (AvgIpc) is 2.82. The average molecular weight is 482 g/mol. The molecule has 2 aromatic heterocycles. The van der Waals surface area contributed by atoms with E-state index in [4.69, 9.17) is 0 Å². The molecule has 0 saturated carbocycles. The Morgan fingerprint density at radius 1 is 0.938 bits per heavy atom. The molecule has 0 radical (unpaired) electrons. The molecule has 0 fully saturated rings. The molecule has 0 atom stereocenters. The van der Waals surface area contributed by atoms with E-state index in [0.717, 1.165) is 26.5 Å². The van der Waals surface area contributed by atoms with Crippen LogP contribution in [0.15, 0.2) is 94.3 Å². The van der Waals surface area contributed by atoms with Crippen molar-refractivity contribution in [2.45, 2.75) is 0 Å². The van der Waals surface area contributed by atoms with E-state index in [-0.39, 0.29) is 5.56 Å². The van der Waals surface area contributed by atoms with Gasteiger partial charge in [-0.3, -0.25) is 14.6 Å². The van der Waals surface area contributed by atoms with Gasteiger partial charge in [0.2, 0.25) is 0 Å². The molecule has 0 aliphatic heterocycles. The van der Waals surface area contributed by atoms with Gasteiger partial charge in [-0.2, -0.15) is 0 Å². The van der Waals surface area contributed by atoms with E-state index in [1.54, 1.807) is 12.3 Å². The second-order valence-electron chi connectivity index (χ2n) is 7.24. The molecule has 0 amide bonds. The maximum atomic E-state index is 13.3. The van der Waals surface area contributed by atoms with Gasteiger partial charge in [-0.25, -0.2) is 4.98 Å². The van der Waals surface area contributed by atoms with Crippen LogP contribution in [-0.2, 0) is 0 Å². The molecule has 5 rings (SSSR count). The number of aromatic nitrogens is 3. The van der Waals surface area contributed by atoms with Crippen LogP contribution in [0.5, 0.6) is 0 Å². The summed E-state index contributed by atoms with van der Waals surface area (Å²) in [5.41, 5.74) is 3.77. The lowest BCUT2D eigenvalue weighted by molar-refractivity contribution is 0.104. The zero-order valence-electron chi connectivity index (χ0n) is 16.7. The molecule has 154 valence electrons. The first kappa shape index (κ1) is 20.0. The number of halogens is 1. The number of pyridine rings is 1. The fraction of sp³-hybridized carbons (Fsp3) is 0. The van der Waals surface area contributed by atoms with Gasteiger partial charge in [-0.05, 0) is 48.0 Å². The Morgan fingerprint density at radius 2 is 1.69 bits per heavy atom. The first-order chi connectivity index (χ1) is 15.6. The molecule has 2 heterocycles. The van der Waals surface area contributed by atoms with Crippen LogP contribution < -0.4 is 5.56 Å². The number of hydrogen-bond acceptors (Lipinski definition) is 4. The molecule has 0 aliphatic rings. The van der Waals surface area contributed by atoms with Gasteiger partial charge in [0.1, 0.15) is 0 Å². The molecule has 0 spiro atoms. The van der Waals surface area contributed by atoms with Crippen molar-refractivity contribution < 1.29 is 4.79 Å². The van der Waals surface area contributed by atoms with E-state index in [1.165, 1.54) is 6.08 Å². The van der Waals surface area contributed by atoms with Crippen LogP contribution in [0, 0.1) is 0 Å². The third-order valence-electron chi connectivity index (χ3n) is 5.16. The van der Waals surface area contributed by atoms with Crippen LogP contribution >= 0.6 is 15.9 Å². The first-order valence-electron chi connectivity index (χ1n) is 9.95. The number of nitrogens with zero attached hydrogens (tertiary/aromatic N) is 2. The quantitative estimate of drug-likeness (QED) is 0.260. The molecule has 0 saturated heterocycles. The molecular formula is C26H16BrN3O2. The Balaban J connectivity index is 1.65. The van der Waals surface area contributed by atoms with Crippen molar-refractivity contribution in [1.29, 1.82) is 0 Å². The van der Waals surface area contributed by atoms with Gasteiger partial charge in [0, 0.05) is 20.9 Å². The summed E-state index contributed by atoms with van der Waals surface area (Å²) in [6, 6.07) is 22.5. The second kappa shape index (κ2) is 8.32. The minimum atomic E-state index is -0.432. The summed E-state index contributed by atoms with van der Waals surface area (Å²) < 4.78 is 0.856. The van der Waals surface area contributed by atoms with Crippen molar-refractivity contribution in [3.05, 3.63) is 111 Å². The topological polar surface area (TPSA) is 75.7 Å². The van der Waals surface area contributed by atoms with Crippen molar-refractivity contribution in [2.75, 3.05) is 0 Å². The number of ketones is 1. The van der Waals surface area contributed by atoms with Crippen molar-refractivity contribution in [3.8, 4) is 11.1 Å². The van der Waals surface area contributed by atoms with E-state index in [0.29, 0.717) is 16.8 Å². The van der Waals surface area contributed by atoms with Gasteiger partial charge < -0.3 is 4.98 Å². The fourth-order valence-electron chi connectivity index (χ4n) is 3.70. The molecule has 1 N–H and O–H groups in total. The molecule has 0 bridgehead atoms. The number of rotatable bonds is 4. The summed E-state index contributed by atoms with van der Waals surface area (Å²) in [5.74, 6) is -0.401. The zero-order chi connectivity index (χ0) is 22.1. The summed E-state index contributed by atoms with van der Waals surface area (Å²) in [6.45, 7) is 0. The highest BCUT2D eigenvalue weighted by atomic mass is 79.9. The van der Waals surface area contributed by atoms with Gasteiger partial charge in [-0.1, -0.05) is 58.4 Å². The lowest BCUT2D eigenvalue weighted by Gasteiger charge is -2.11. The molecule has 3 aromatic carbocycles. The number of carbonyl (C=O) groups is 1. The van der Waals surface area contributed by atoms with E-state index < -0.39 is 11.3 Å². The van der Waals surface area contributed by atoms with Crippen molar-refractivity contribution in [1.82, 2.24) is 15.0 Å². The monoisotopic (exact) mass is 481 g/mol. The molecule has 0 unspecified atom stereocenters. The lowest BCUT2D eigenvalue weighted by atomic mass is 9.94. The van der Waals surface area contributed by atoms with E-state index >= 15 is 0 Å². The Kier molecular flexibility index (Phi) is 5.21. The number of benzene rings is 3. The minimum Gasteiger partial charge on any atom is -0.321 e. The van der Waals surface area contributed by atoms with Crippen LogP contribution in [0.2, 0.25) is 0 Å². The van der Waals surface area contributed by atoms with Gasteiger partial charge in [0.25, 0.3) is 5.56 Å². The van der Waals surface area contributed by atoms with Gasteiger partial charge in [0.15, 0.2) is 5.78 Å². The molecule has 32 heavy (non-hydrogen) atoms. The number of para-hydroxylation sites is 2. The summed E-state index contributed by atoms with van der Waals surface area (Å²) in [5, 5.41) is 0.785. The predicted octanol–water partition coefficient (Wildman–Crippen LogP) is 5.80. The van der Waals surface area contributed by atoms with E-state index in [2.05, 4.69) is 30.9 Å². The Hall–Kier alpha value is -3.90. The van der Waals surface area contributed by atoms with Crippen LogP contribution in [0.4, 0.5) is 0 Å². The summed E-state index contributed by atoms with van der Waals surface area (Å²) in [6.07, 6.45) is 4.56. The van der Waals surface area contributed by atoms with Gasteiger partial charge >= 0.3 is 0 Å². The maximum absolute atomic E-state index is 13.3. The zero-order valence-corrected chi connectivity index (χ0v) is 18.3. The summed E-state index contributed by atoms with van der Waals surface area (Å²) >= 11 is 3.49.